The first-order valence-electron chi connectivity index (χ1n) is 4.80. The topological polar surface area (TPSA) is 74.7 Å². The van der Waals surface area contributed by atoms with Crippen molar-refractivity contribution >= 4 is 16.0 Å². The summed E-state index contributed by atoms with van der Waals surface area (Å²) in [6.07, 6.45) is -0.255. The Kier molecular flexibility index (Phi) is 3.45. The van der Waals surface area contributed by atoms with Crippen molar-refractivity contribution in [3.63, 3.8) is 0 Å². The van der Waals surface area contributed by atoms with E-state index in [1.807, 2.05) is 0 Å². The van der Waals surface area contributed by atoms with Crippen LogP contribution in [0, 0.1) is 5.41 Å². The van der Waals surface area contributed by atoms with Gasteiger partial charge in [-0.2, -0.15) is 17.5 Å². The number of hydrogen-bond donors (Lipinski definition) is 1. The average molecular weight is 275 g/mol. The van der Waals surface area contributed by atoms with E-state index in [4.69, 9.17) is 5.11 Å². The molecule has 0 aromatic rings. The van der Waals surface area contributed by atoms with Crippen LogP contribution in [0.25, 0.3) is 0 Å². The van der Waals surface area contributed by atoms with Gasteiger partial charge in [0.1, 0.15) is 0 Å². The molecule has 5 nitrogen and oxygen atoms in total. The van der Waals surface area contributed by atoms with Crippen LogP contribution < -0.4 is 0 Å². The Morgan fingerprint density at radius 2 is 1.71 bits per heavy atom. The fourth-order valence-electron chi connectivity index (χ4n) is 1.58. The van der Waals surface area contributed by atoms with Gasteiger partial charge in [-0.15, -0.1) is 0 Å². The number of carbonyl (C=O) groups is 1. The second-order valence-corrected chi connectivity index (χ2v) is 6.15. The smallest absolute Gasteiger partial charge is 0.481 e. The third-order valence-corrected chi connectivity index (χ3v) is 4.60. The summed E-state index contributed by atoms with van der Waals surface area (Å²) in [6.45, 7) is 0.544. The van der Waals surface area contributed by atoms with Crippen LogP contribution in [0.1, 0.15) is 19.8 Å². The molecule has 0 saturated carbocycles. The number of aliphatic carboxylic acids is 1. The van der Waals surface area contributed by atoms with Crippen molar-refractivity contribution < 1.29 is 31.5 Å². The molecule has 0 aromatic carbocycles. The first-order valence-corrected chi connectivity index (χ1v) is 6.24. The first-order chi connectivity index (χ1) is 7.51. The lowest BCUT2D eigenvalue weighted by molar-refractivity contribution is -0.150. The van der Waals surface area contributed by atoms with E-state index in [-0.39, 0.29) is 17.1 Å². The number of rotatable bonds is 2. The van der Waals surface area contributed by atoms with Crippen LogP contribution in [0.4, 0.5) is 13.2 Å². The Hall–Kier alpha value is -0.830. The second-order valence-electron chi connectivity index (χ2n) is 4.22. The van der Waals surface area contributed by atoms with Crippen molar-refractivity contribution in [1.29, 1.82) is 0 Å². The largest absolute Gasteiger partial charge is 0.511 e. The molecule has 1 heterocycles. The molecule has 0 radical (unpaired) electrons. The summed E-state index contributed by atoms with van der Waals surface area (Å²) in [5.74, 6) is -1.12. The zero-order valence-corrected chi connectivity index (χ0v) is 9.81. The number of alkyl halides is 3. The van der Waals surface area contributed by atoms with Gasteiger partial charge < -0.3 is 5.11 Å². The van der Waals surface area contributed by atoms with Gasteiger partial charge >= 0.3 is 21.5 Å². The number of halogens is 3. The molecule has 0 bridgehead atoms. The first kappa shape index (κ1) is 14.2. The number of piperidine rings is 1. The number of nitrogens with zero attached hydrogens (tertiary/aromatic N) is 1. The van der Waals surface area contributed by atoms with E-state index in [9.17, 15) is 26.4 Å². The molecule has 1 rings (SSSR count). The van der Waals surface area contributed by atoms with E-state index in [0.717, 1.165) is 0 Å². The van der Waals surface area contributed by atoms with E-state index in [1.54, 1.807) is 0 Å². The van der Waals surface area contributed by atoms with Crippen LogP contribution in [0.5, 0.6) is 0 Å². The molecule has 1 N–H and O–H groups in total. The van der Waals surface area contributed by atoms with Gasteiger partial charge in [0.2, 0.25) is 0 Å². The maximum absolute atomic E-state index is 12.2. The predicted molar refractivity (Wildman–Crippen MR) is 51.5 cm³/mol. The molecule has 1 aliphatic heterocycles. The maximum atomic E-state index is 12.2. The predicted octanol–water partition coefficient (Wildman–Crippen LogP) is 1.02. The quantitative estimate of drug-likeness (QED) is 0.816. The van der Waals surface area contributed by atoms with Gasteiger partial charge in [0.15, 0.2) is 0 Å². The lowest BCUT2D eigenvalue weighted by Crippen LogP contribution is -2.48. The highest BCUT2D eigenvalue weighted by Gasteiger charge is 2.52. The molecule has 0 atom stereocenters. The van der Waals surface area contributed by atoms with Crippen molar-refractivity contribution in [2.75, 3.05) is 13.1 Å². The van der Waals surface area contributed by atoms with E-state index in [0.29, 0.717) is 0 Å². The molecule has 1 saturated heterocycles. The van der Waals surface area contributed by atoms with Gasteiger partial charge in [-0.25, -0.2) is 8.42 Å². The highest BCUT2D eigenvalue weighted by molar-refractivity contribution is 7.90. The molecular weight excluding hydrogens is 263 g/mol. The van der Waals surface area contributed by atoms with E-state index < -0.39 is 40.0 Å². The Morgan fingerprint density at radius 1 is 1.29 bits per heavy atom. The fourth-order valence-corrected chi connectivity index (χ4v) is 2.54. The van der Waals surface area contributed by atoms with E-state index >= 15 is 0 Å². The number of hydrogen-bond acceptors (Lipinski definition) is 3. The van der Waals surface area contributed by atoms with Crippen molar-refractivity contribution in [1.82, 2.24) is 4.31 Å². The minimum atomic E-state index is -5.33. The lowest BCUT2D eigenvalue weighted by atomic mass is 9.81. The highest BCUT2D eigenvalue weighted by Crippen LogP contribution is 2.35. The molecular formula is C8H12F3NO4S. The zero-order chi connectivity index (χ0) is 13.5. The summed E-state index contributed by atoms with van der Waals surface area (Å²) in [6, 6.07) is 0. The number of sulfonamides is 1. The van der Waals surface area contributed by atoms with Gasteiger partial charge in [0.05, 0.1) is 5.41 Å². The third-order valence-electron chi connectivity index (χ3n) is 2.97. The SMILES string of the molecule is CC1(C(=O)O)CCN(S(=O)(=O)C(F)(F)F)CC1. The molecule has 0 amide bonds. The van der Waals surface area contributed by atoms with Gasteiger partial charge in [0.25, 0.3) is 0 Å². The Bertz CT molecular complexity index is 409. The van der Waals surface area contributed by atoms with Crippen molar-refractivity contribution in [3.8, 4) is 0 Å². The minimum absolute atomic E-state index is 0.127. The third kappa shape index (κ3) is 2.54. The average Bonchev–Trinajstić information content (AvgIpc) is 2.16. The Balaban J connectivity index is 2.81. The standard InChI is InChI=1S/C8H12F3NO4S/c1-7(6(13)14)2-4-12(5-3-7)17(15,16)8(9,10)11/h2-5H2,1H3,(H,13,14). The summed E-state index contributed by atoms with van der Waals surface area (Å²) in [4.78, 5) is 10.8. The second kappa shape index (κ2) is 4.13. The highest BCUT2D eigenvalue weighted by atomic mass is 32.2. The van der Waals surface area contributed by atoms with Crippen LogP contribution in [0.15, 0.2) is 0 Å². The molecule has 0 aromatic heterocycles. The Morgan fingerprint density at radius 3 is 2.00 bits per heavy atom. The van der Waals surface area contributed by atoms with Crippen LogP contribution in [-0.2, 0) is 14.8 Å². The number of carboxylic acids is 1. The molecule has 100 valence electrons. The van der Waals surface area contributed by atoms with E-state index in [1.165, 1.54) is 6.92 Å². The van der Waals surface area contributed by atoms with Crippen LogP contribution in [0.2, 0.25) is 0 Å². The van der Waals surface area contributed by atoms with Gasteiger partial charge in [0, 0.05) is 13.1 Å². The molecule has 0 unspecified atom stereocenters. The normalized spacial score (nSPS) is 22.4. The number of carboxylic acid groups (broad SMARTS) is 1. The van der Waals surface area contributed by atoms with Crippen molar-refractivity contribution in [2.24, 2.45) is 5.41 Å². The molecule has 1 fully saturated rings. The van der Waals surface area contributed by atoms with Gasteiger partial charge in [-0.3, -0.25) is 4.79 Å². The van der Waals surface area contributed by atoms with Gasteiger partial charge in [-0.1, -0.05) is 0 Å². The molecule has 9 heteroatoms. The lowest BCUT2D eigenvalue weighted by Gasteiger charge is -2.35. The van der Waals surface area contributed by atoms with Crippen LogP contribution >= 0.6 is 0 Å². The summed E-state index contributed by atoms with van der Waals surface area (Å²) < 4.78 is 59.0. The molecule has 0 aliphatic carbocycles. The monoisotopic (exact) mass is 275 g/mol. The summed E-state index contributed by atoms with van der Waals surface area (Å²) >= 11 is 0. The minimum Gasteiger partial charge on any atom is -0.481 e. The van der Waals surface area contributed by atoms with Gasteiger partial charge in [-0.05, 0) is 19.8 Å². The van der Waals surface area contributed by atoms with Crippen molar-refractivity contribution in [3.05, 3.63) is 0 Å². The summed E-state index contributed by atoms with van der Waals surface area (Å²) in [5, 5.41) is 8.86. The molecule has 1 aliphatic rings. The summed E-state index contributed by atoms with van der Waals surface area (Å²) in [7, 11) is -5.33. The van der Waals surface area contributed by atoms with Crippen molar-refractivity contribution in [2.45, 2.75) is 25.3 Å². The molecule has 17 heavy (non-hydrogen) atoms. The van der Waals surface area contributed by atoms with E-state index in [2.05, 4.69) is 0 Å². The fraction of sp³-hybridized carbons (Fsp3) is 0.875. The zero-order valence-electron chi connectivity index (χ0n) is 8.99. The van der Waals surface area contributed by atoms with Crippen LogP contribution in [0.3, 0.4) is 0 Å². The van der Waals surface area contributed by atoms with Crippen LogP contribution in [-0.4, -0.2) is 42.4 Å². The Labute approximate surface area is 96.3 Å². The maximum Gasteiger partial charge on any atom is 0.511 e. The summed E-state index contributed by atoms with van der Waals surface area (Å²) in [5.41, 5.74) is -6.48. The molecule has 0 spiro atoms.